The molecular formula is C21H20N2O6. The Morgan fingerprint density at radius 1 is 1.14 bits per heavy atom. The first kappa shape index (κ1) is 19.9. The monoisotopic (exact) mass is 396 g/mol. The Kier molecular flexibility index (Phi) is 6.47. The Hall–Kier alpha value is -3.81. The van der Waals surface area contributed by atoms with Crippen LogP contribution in [-0.2, 0) is 9.53 Å². The second-order valence-electron chi connectivity index (χ2n) is 5.85. The van der Waals surface area contributed by atoms with Crippen LogP contribution in [0.15, 0.2) is 58.0 Å². The van der Waals surface area contributed by atoms with Gasteiger partial charge in [0, 0.05) is 10.9 Å². The zero-order valence-electron chi connectivity index (χ0n) is 16.0. The third-order valence-corrected chi connectivity index (χ3v) is 3.88. The number of fused-ring (bicyclic) bond motifs is 1. The van der Waals surface area contributed by atoms with Gasteiger partial charge < -0.3 is 18.6 Å². The molecule has 0 saturated heterocycles. The molecular weight excluding hydrogens is 376 g/mol. The average molecular weight is 396 g/mol. The van der Waals surface area contributed by atoms with E-state index in [0.717, 1.165) is 5.39 Å². The molecule has 8 heteroatoms. The molecule has 3 aromatic rings. The van der Waals surface area contributed by atoms with E-state index in [2.05, 4.69) is 15.3 Å². The number of amides is 1. The van der Waals surface area contributed by atoms with Crippen LogP contribution in [0.2, 0.25) is 0 Å². The Morgan fingerprint density at radius 3 is 2.76 bits per heavy atom. The minimum atomic E-state index is -0.498. The largest absolute Gasteiger partial charge is 0.494 e. The smallest absolute Gasteiger partial charge is 0.343 e. The lowest BCUT2D eigenvalue weighted by molar-refractivity contribution is -0.142. The number of methoxy groups -OCH3 is 1. The Labute approximate surface area is 167 Å². The number of nitrogens with one attached hydrogen (secondary N) is 1. The summed E-state index contributed by atoms with van der Waals surface area (Å²) in [4.78, 5) is 23.5. The first-order valence-corrected chi connectivity index (χ1v) is 8.89. The van der Waals surface area contributed by atoms with E-state index >= 15 is 0 Å². The molecule has 1 aromatic heterocycles. The molecule has 0 aliphatic heterocycles. The van der Waals surface area contributed by atoms with Crippen molar-refractivity contribution >= 4 is 29.1 Å². The van der Waals surface area contributed by atoms with Gasteiger partial charge in [-0.2, -0.15) is 5.10 Å². The van der Waals surface area contributed by atoms with Gasteiger partial charge in [0.2, 0.25) is 0 Å². The molecule has 1 amide bonds. The van der Waals surface area contributed by atoms with Crippen molar-refractivity contribution in [3.05, 3.63) is 59.9 Å². The molecule has 0 unspecified atom stereocenters. The first-order valence-electron chi connectivity index (χ1n) is 8.89. The molecule has 2 aromatic carbocycles. The molecule has 150 valence electrons. The molecule has 1 N–H and O–H groups in total. The summed E-state index contributed by atoms with van der Waals surface area (Å²) >= 11 is 0. The Morgan fingerprint density at radius 2 is 1.97 bits per heavy atom. The highest BCUT2D eigenvalue weighted by molar-refractivity contribution is 5.97. The number of nitrogens with zero attached hydrogens (tertiary/aromatic N) is 1. The maximum absolute atomic E-state index is 12.3. The van der Waals surface area contributed by atoms with E-state index in [1.54, 1.807) is 48.5 Å². The molecule has 0 spiro atoms. The van der Waals surface area contributed by atoms with Gasteiger partial charge in [-0.15, -0.1) is 0 Å². The standard InChI is InChI=1S/C21H20N2O6/c1-3-27-16-8-9-18-15(10-16)11-19(29-18)21(25)23-22-12-14-6-4-5-7-17(14)28-13-20(24)26-2/h4-12H,3,13H2,1-2H3,(H,23,25)/b22-12+. The maximum Gasteiger partial charge on any atom is 0.343 e. The molecule has 0 bridgehead atoms. The van der Waals surface area contributed by atoms with E-state index in [-0.39, 0.29) is 12.4 Å². The van der Waals surface area contributed by atoms with Gasteiger partial charge in [-0.25, -0.2) is 10.2 Å². The summed E-state index contributed by atoms with van der Waals surface area (Å²) in [7, 11) is 1.28. The fourth-order valence-corrected chi connectivity index (χ4v) is 2.52. The van der Waals surface area contributed by atoms with Crippen molar-refractivity contribution in [1.29, 1.82) is 0 Å². The third-order valence-electron chi connectivity index (χ3n) is 3.88. The van der Waals surface area contributed by atoms with Crippen molar-refractivity contribution in [2.75, 3.05) is 20.3 Å². The minimum absolute atomic E-state index is 0.126. The molecule has 0 saturated carbocycles. The van der Waals surface area contributed by atoms with E-state index < -0.39 is 11.9 Å². The van der Waals surface area contributed by atoms with E-state index in [1.165, 1.54) is 13.3 Å². The van der Waals surface area contributed by atoms with Gasteiger partial charge in [0.25, 0.3) is 0 Å². The highest BCUT2D eigenvalue weighted by Gasteiger charge is 2.12. The van der Waals surface area contributed by atoms with E-state index in [4.69, 9.17) is 13.9 Å². The zero-order chi connectivity index (χ0) is 20.6. The highest BCUT2D eigenvalue weighted by Crippen LogP contribution is 2.24. The minimum Gasteiger partial charge on any atom is -0.494 e. The van der Waals surface area contributed by atoms with Crippen molar-refractivity contribution < 1.29 is 28.2 Å². The fraction of sp³-hybridized carbons (Fsp3) is 0.190. The van der Waals surface area contributed by atoms with Crippen LogP contribution in [-0.4, -0.2) is 38.4 Å². The van der Waals surface area contributed by atoms with Gasteiger partial charge in [-0.3, -0.25) is 4.79 Å². The number of esters is 1. The molecule has 29 heavy (non-hydrogen) atoms. The van der Waals surface area contributed by atoms with Crippen molar-refractivity contribution in [1.82, 2.24) is 5.43 Å². The van der Waals surface area contributed by atoms with Crippen molar-refractivity contribution in [3.63, 3.8) is 0 Å². The molecule has 0 aliphatic carbocycles. The number of carbonyl (C=O) groups is 2. The third kappa shape index (κ3) is 5.13. The Bertz CT molecular complexity index is 1040. The average Bonchev–Trinajstić information content (AvgIpc) is 3.16. The lowest BCUT2D eigenvalue weighted by Gasteiger charge is -2.07. The summed E-state index contributed by atoms with van der Waals surface area (Å²) in [5.74, 6) is 0.268. The second-order valence-corrected chi connectivity index (χ2v) is 5.85. The second kappa shape index (κ2) is 9.41. The molecule has 1 heterocycles. The SMILES string of the molecule is CCOc1ccc2oc(C(=O)N/N=C/c3ccccc3OCC(=O)OC)cc2c1. The van der Waals surface area contributed by atoms with Gasteiger partial charge in [-0.1, -0.05) is 12.1 Å². The predicted octanol–water partition coefficient (Wildman–Crippen LogP) is 3.15. The highest BCUT2D eigenvalue weighted by atomic mass is 16.6. The molecule has 0 aliphatic rings. The van der Waals surface area contributed by atoms with Gasteiger partial charge in [0.1, 0.15) is 17.1 Å². The molecule has 8 nitrogen and oxygen atoms in total. The van der Waals surface area contributed by atoms with Gasteiger partial charge >= 0.3 is 11.9 Å². The molecule has 0 fully saturated rings. The van der Waals surface area contributed by atoms with Crippen molar-refractivity contribution in [3.8, 4) is 11.5 Å². The fourth-order valence-electron chi connectivity index (χ4n) is 2.52. The number of hydrogen-bond acceptors (Lipinski definition) is 7. The lowest BCUT2D eigenvalue weighted by atomic mass is 10.2. The number of hydrogen-bond donors (Lipinski definition) is 1. The number of furan rings is 1. The number of benzene rings is 2. The predicted molar refractivity (Wildman–Crippen MR) is 106 cm³/mol. The lowest BCUT2D eigenvalue weighted by Crippen LogP contribution is -2.17. The first-order chi connectivity index (χ1) is 14.1. The number of para-hydroxylation sites is 1. The molecule has 3 rings (SSSR count). The summed E-state index contributed by atoms with van der Waals surface area (Å²) in [6.45, 7) is 2.22. The van der Waals surface area contributed by atoms with E-state index in [1.807, 2.05) is 6.92 Å². The quantitative estimate of drug-likeness (QED) is 0.357. The number of ether oxygens (including phenoxy) is 3. The topological polar surface area (TPSA) is 99.4 Å². The van der Waals surface area contributed by atoms with Gasteiger partial charge in [-0.05, 0) is 43.3 Å². The van der Waals surface area contributed by atoms with Crippen LogP contribution >= 0.6 is 0 Å². The van der Waals surface area contributed by atoms with Crippen LogP contribution in [0.3, 0.4) is 0 Å². The maximum atomic E-state index is 12.3. The molecule has 0 atom stereocenters. The van der Waals surface area contributed by atoms with Crippen LogP contribution in [0.4, 0.5) is 0 Å². The molecule has 0 radical (unpaired) electrons. The number of carbonyl (C=O) groups excluding carboxylic acids is 2. The number of rotatable bonds is 8. The van der Waals surface area contributed by atoms with Gasteiger partial charge in [0.05, 0.1) is 19.9 Å². The Balaban J connectivity index is 1.67. The van der Waals surface area contributed by atoms with E-state index in [9.17, 15) is 9.59 Å². The van der Waals surface area contributed by atoms with Crippen LogP contribution in [0.1, 0.15) is 23.0 Å². The summed E-state index contributed by atoms with van der Waals surface area (Å²) in [6, 6.07) is 13.9. The number of hydrazone groups is 1. The normalized spacial score (nSPS) is 10.8. The zero-order valence-corrected chi connectivity index (χ0v) is 16.0. The van der Waals surface area contributed by atoms with Crippen molar-refractivity contribution in [2.24, 2.45) is 5.10 Å². The van der Waals surface area contributed by atoms with E-state index in [0.29, 0.717) is 29.3 Å². The van der Waals surface area contributed by atoms with Crippen LogP contribution in [0.5, 0.6) is 11.5 Å². The summed E-state index contributed by atoms with van der Waals surface area (Å²) in [6.07, 6.45) is 1.42. The van der Waals surface area contributed by atoms with Crippen LogP contribution < -0.4 is 14.9 Å². The van der Waals surface area contributed by atoms with Gasteiger partial charge in [0.15, 0.2) is 12.4 Å². The summed E-state index contributed by atoms with van der Waals surface area (Å²) in [5.41, 5.74) is 3.57. The van der Waals surface area contributed by atoms with Crippen LogP contribution in [0, 0.1) is 0 Å². The summed E-state index contributed by atoms with van der Waals surface area (Å²) < 4.78 is 20.9. The van der Waals surface area contributed by atoms with Crippen molar-refractivity contribution in [2.45, 2.75) is 6.92 Å². The van der Waals surface area contributed by atoms with Crippen LogP contribution in [0.25, 0.3) is 11.0 Å². The summed E-state index contributed by atoms with van der Waals surface area (Å²) in [5, 5.41) is 4.69.